The van der Waals surface area contributed by atoms with Gasteiger partial charge in [-0.15, -0.1) is 0 Å². The fourth-order valence-corrected chi connectivity index (χ4v) is 1.92. The number of aliphatic hydroxyl groups is 1. The molecular formula is C13H15NO5. The third-order valence-corrected chi connectivity index (χ3v) is 3.01. The number of carbonyl (C=O) groups is 2. The van der Waals surface area contributed by atoms with E-state index in [-0.39, 0.29) is 12.2 Å². The van der Waals surface area contributed by atoms with E-state index in [0.29, 0.717) is 12.1 Å². The molecule has 0 saturated carbocycles. The number of likely N-dealkylation sites (tertiary alicyclic amines) is 1. The smallest absolute Gasteiger partial charge is 0.337 e. The van der Waals surface area contributed by atoms with E-state index in [0.717, 1.165) is 0 Å². The van der Waals surface area contributed by atoms with Gasteiger partial charge in [-0.05, 0) is 18.2 Å². The van der Waals surface area contributed by atoms with Crippen molar-refractivity contribution in [1.29, 1.82) is 0 Å². The summed E-state index contributed by atoms with van der Waals surface area (Å²) < 4.78 is 9.93. The van der Waals surface area contributed by atoms with Crippen molar-refractivity contribution in [3.8, 4) is 5.75 Å². The summed E-state index contributed by atoms with van der Waals surface area (Å²) in [6.07, 6.45) is 0.185. The lowest BCUT2D eigenvalue weighted by molar-refractivity contribution is -0.172. The Balaban J connectivity index is 2.20. The number of esters is 1. The van der Waals surface area contributed by atoms with Gasteiger partial charge in [-0.25, -0.2) is 4.79 Å². The molecule has 1 saturated heterocycles. The highest BCUT2D eigenvalue weighted by Crippen LogP contribution is 2.26. The van der Waals surface area contributed by atoms with Gasteiger partial charge < -0.3 is 19.5 Å². The van der Waals surface area contributed by atoms with Crippen LogP contribution in [0, 0.1) is 0 Å². The molecule has 19 heavy (non-hydrogen) atoms. The molecule has 1 aliphatic heterocycles. The fourth-order valence-electron chi connectivity index (χ4n) is 1.92. The van der Waals surface area contributed by atoms with E-state index in [1.165, 1.54) is 18.1 Å². The largest absolute Gasteiger partial charge is 0.465 e. The SMILES string of the molecule is COC(=O)c1cccc(OC2(O)CCN(C)C2=O)c1. The van der Waals surface area contributed by atoms with E-state index in [1.807, 2.05) is 0 Å². The van der Waals surface area contributed by atoms with Crippen molar-refractivity contribution in [3.05, 3.63) is 29.8 Å². The number of likely N-dealkylation sites (N-methyl/N-ethyl adjacent to an activating group) is 1. The first-order valence-electron chi connectivity index (χ1n) is 5.81. The summed E-state index contributed by atoms with van der Waals surface area (Å²) in [5.74, 6) is -2.61. The third-order valence-electron chi connectivity index (χ3n) is 3.01. The predicted octanol–water partition coefficient (Wildman–Crippen LogP) is 0.403. The summed E-state index contributed by atoms with van der Waals surface area (Å²) in [5.41, 5.74) is 0.294. The lowest BCUT2D eigenvalue weighted by atomic mass is 10.2. The zero-order valence-corrected chi connectivity index (χ0v) is 10.8. The normalized spacial score (nSPS) is 22.5. The second-order valence-corrected chi connectivity index (χ2v) is 4.38. The minimum Gasteiger partial charge on any atom is -0.465 e. The minimum absolute atomic E-state index is 0.185. The molecule has 1 heterocycles. The van der Waals surface area contributed by atoms with Crippen molar-refractivity contribution >= 4 is 11.9 Å². The van der Waals surface area contributed by atoms with Gasteiger partial charge in [-0.3, -0.25) is 4.79 Å². The number of hydrogen-bond acceptors (Lipinski definition) is 5. The van der Waals surface area contributed by atoms with Gasteiger partial charge in [-0.2, -0.15) is 0 Å². The van der Waals surface area contributed by atoms with Crippen molar-refractivity contribution in [2.75, 3.05) is 20.7 Å². The van der Waals surface area contributed by atoms with Gasteiger partial charge in [0, 0.05) is 20.0 Å². The van der Waals surface area contributed by atoms with Crippen molar-refractivity contribution in [1.82, 2.24) is 4.90 Å². The van der Waals surface area contributed by atoms with E-state index >= 15 is 0 Å². The van der Waals surface area contributed by atoms with E-state index in [1.54, 1.807) is 25.2 Å². The summed E-state index contributed by atoms with van der Waals surface area (Å²) >= 11 is 0. The van der Waals surface area contributed by atoms with Gasteiger partial charge in [-0.1, -0.05) is 6.07 Å². The Morgan fingerprint density at radius 2 is 2.21 bits per heavy atom. The molecule has 1 aromatic carbocycles. The number of ether oxygens (including phenoxy) is 2. The van der Waals surface area contributed by atoms with Crippen LogP contribution in [-0.2, 0) is 9.53 Å². The molecular weight excluding hydrogens is 250 g/mol. The maximum atomic E-state index is 11.8. The van der Waals surface area contributed by atoms with E-state index in [9.17, 15) is 14.7 Å². The molecule has 1 N–H and O–H groups in total. The molecule has 1 amide bonds. The third kappa shape index (κ3) is 2.53. The molecule has 1 fully saturated rings. The summed E-state index contributed by atoms with van der Waals surface area (Å²) in [6.45, 7) is 0.423. The Labute approximate surface area is 110 Å². The maximum absolute atomic E-state index is 11.8. The number of benzene rings is 1. The van der Waals surface area contributed by atoms with Crippen LogP contribution >= 0.6 is 0 Å². The first-order valence-corrected chi connectivity index (χ1v) is 5.81. The van der Waals surface area contributed by atoms with Crippen molar-refractivity contribution in [2.45, 2.75) is 12.2 Å². The van der Waals surface area contributed by atoms with Crippen LogP contribution in [0.25, 0.3) is 0 Å². The Bertz CT molecular complexity index is 516. The highest BCUT2D eigenvalue weighted by atomic mass is 16.6. The molecule has 2 rings (SSSR count). The quantitative estimate of drug-likeness (QED) is 0.632. The number of carbonyl (C=O) groups excluding carboxylic acids is 2. The molecule has 0 aromatic heterocycles. The van der Waals surface area contributed by atoms with Crippen LogP contribution in [0.4, 0.5) is 0 Å². The van der Waals surface area contributed by atoms with Crippen LogP contribution in [0.5, 0.6) is 5.75 Å². The lowest BCUT2D eigenvalue weighted by Crippen LogP contribution is -2.43. The average Bonchev–Trinajstić information content (AvgIpc) is 2.66. The van der Waals surface area contributed by atoms with E-state index in [4.69, 9.17) is 4.74 Å². The zero-order chi connectivity index (χ0) is 14.0. The monoisotopic (exact) mass is 265 g/mol. The molecule has 0 spiro atoms. The van der Waals surface area contributed by atoms with Gasteiger partial charge >= 0.3 is 5.97 Å². The minimum atomic E-state index is -1.86. The second kappa shape index (κ2) is 4.89. The highest BCUT2D eigenvalue weighted by molar-refractivity contribution is 5.90. The highest BCUT2D eigenvalue weighted by Gasteiger charge is 2.46. The predicted molar refractivity (Wildman–Crippen MR) is 65.6 cm³/mol. The molecule has 0 aliphatic carbocycles. The second-order valence-electron chi connectivity index (χ2n) is 4.38. The number of rotatable bonds is 3. The number of nitrogens with zero attached hydrogens (tertiary/aromatic N) is 1. The molecule has 102 valence electrons. The fraction of sp³-hybridized carbons (Fsp3) is 0.385. The Hall–Kier alpha value is -2.08. The standard InChI is InChI=1S/C13H15NO5/c1-14-7-6-13(17,12(14)16)19-10-5-3-4-9(8-10)11(15)18-2/h3-5,8,17H,6-7H2,1-2H3. The maximum Gasteiger partial charge on any atom is 0.337 e. The lowest BCUT2D eigenvalue weighted by Gasteiger charge is -2.22. The first kappa shape index (κ1) is 13.4. The van der Waals surface area contributed by atoms with Crippen LogP contribution in [0.15, 0.2) is 24.3 Å². The zero-order valence-electron chi connectivity index (χ0n) is 10.8. The van der Waals surface area contributed by atoms with Gasteiger partial charge in [0.15, 0.2) is 0 Å². The summed E-state index contributed by atoms with van der Waals surface area (Å²) in [7, 11) is 2.87. The van der Waals surface area contributed by atoms with Crippen LogP contribution in [0.2, 0.25) is 0 Å². The topological polar surface area (TPSA) is 76.1 Å². The van der Waals surface area contributed by atoms with Crippen LogP contribution in [0.1, 0.15) is 16.8 Å². The van der Waals surface area contributed by atoms with Gasteiger partial charge in [0.1, 0.15) is 5.75 Å². The van der Waals surface area contributed by atoms with Crippen molar-refractivity contribution in [2.24, 2.45) is 0 Å². The molecule has 0 bridgehead atoms. The van der Waals surface area contributed by atoms with Gasteiger partial charge in [0.05, 0.1) is 12.7 Å². The molecule has 1 atom stereocenters. The molecule has 6 nitrogen and oxygen atoms in total. The molecule has 1 aromatic rings. The van der Waals surface area contributed by atoms with E-state index in [2.05, 4.69) is 4.74 Å². The van der Waals surface area contributed by atoms with Crippen molar-refractivity contribution < 1.29 is 24.2 Å². The summed E-state index contributed by atoms with van der Waals surface area (Å²) in [5, 5.41) is 10.1. The Morgan fingerprint density at radius 1 is 1.47 bits per heavy atom. The van der Waals surface area contributed by atoms with Crippen molar-refractivity contribution in [3.63, 3.8) is 0 Å². The van der Waals surface area contributed by atoms with Gasteiger partial charge in [0.25, 0.3) is 11.7 Å². The number of methoxy groups -OCH3 is 1. The Morgan fingerprint density at radius 3 is 2.79 bits per heavy atom. The van der Waals surface area contributed by atoms with Gasteiger partial charge in [0.2, 0.25) is 0 Å². The molecule has 6 heteroatoms. The van der Waals surface area contributed by atoms with Crippen LogP contribution in [0.3, 0.4) is 0 Å². The first-order chi connectivity index (χ1) is 8.96. The number of hydrogen-bond donors (Lipinski definition) is 1. The average molecular weight is 265 g/mol. The van der Waals surface area contributed by atoms with Crippen LogP contribution in [-0.4, -0.2) is 48.4 Å². The summed E-state index contributed by atoms with van der Waals surface area (Å²) in [4.78, 5) is 24.5. The van der Waals surface area contributed by atoms with E-state index < -0.39 is 17.7 Å². The molecule has 1 unspecified atom stereocenters. The number of amides is 1. The molecule has 0 radical (unpaired) electrons. The summed E-state index contributed by atoms with van der Waals surface area (Å²) in [6, 6.07) is 6.14. The Kier molecular flexibility index (Phi) is 3.44. The van der Waals surface area contributed by atoms with Crippen LogP contribution < -0.4 is 4.74 Å². The molecule has 1 aliphatic rings.